The van der Waals surface area contributed by atoms with Gasteiger partial charge < -0.3 is 5.73 Å². The van der Waals surface area contributed by atoms with Gasteiger partial charge in [-0.1, -0.05) is 51.3 Å². The average molecular weight is 466 g/mol. The van der Waals surface area contributed by atoms with Gasteiger partial charge in [-0.05, 0) is 41.0 Å². The van der Waals surface area contributed by atoms with Gasteiger partial charge in [-0.3, -0.25) is 4.99 Å². The average Bonchev–Trinajstić information content (AvgIpc) is 3.00. The Bertz CT molecular complexity index is 863. The molecule has 1 heterocycles. The van der Waals surface area contributed by atoms with Crippen LogP contribution in [0.15, 0.2) is 45.9 Å². The van der Waals surface area contributed by atoms with Crippen LogP contribution in [0.5, 0.6) is 0 Å². The molecule has 0 aliphatic carbocycles. The first kappa shape index (κ1) is 19.7. The van der Waals surface area contributed by atoms with E-state index >= 15 is 0 Å². The number of nitrogens with zero attached hydrogens (tertiary/aromatic N) is 1. The molecule has 2 nitrogen and oxygen atoms in total. The largest absolute Gasteiger partial charge is 0.400 e. The maximum atomic E-state index is 14.1. The number of halogens is 6. The summed E-state index contributed by atoms with van der Waals surface area (Å²) in [5.41, 5.74) is 5.40. The first-order chi connectivity index (χ1) is 12.2. The van der Waals surface area contributed by atoms with Crippen LogP contribution in [0.1, 0.15) is 23.1 Å². The van der Waals surface area contributed by atoms with E-state index in [1.807, 2.05) is 0 Å². The number of hydrogen-bond acceptors (Lipinski definition) is 2. The first-order valence-corrected chi connectivity index (χ1v) is 9.27. The molecule has 1 aliphatic heterocycles. The molecular formula is C18H14BrCl2F3N2. The van der Waals surface area contributed by atoms with Crippen molar-refractivity contribution in [3.05, 3.63) is 67.6 Å². The molecule has 2 N–H and O–H groups in total. The van der Waals surface area contributed by atoms with Crippen LogP contribution in [0, 0.1) is 0 Å². The molecule has 2 aromatic rings. The molecule has 2 aromatic carbocycles. The molecule has 1 atom stereocenters. The van der Waals surface area contributed by atoms with Crippen molar-refractivity contribution in [3.8, 4) is 0 Å². The Hall–Kier alpha value is -1.08. The van der Waals surface area contributed by atoms with E-state index in [-0.39, 0.29) is 22.0 Å². The van der Waals surface area contributed by atoms with Gasteiger partial charge in [-0.25, -0.2) is 0 Å². The molecule has 0 radical (unpaired) electrons. The Morgan fingerprint density at radius 3 is 2.31 bits per heavy atom. The summed E-state index contributed by atoms with van der Waals surface area (Å²) in [5.74, 6) is 0. The molecule has 8 heteroatoms. The van der Waals surface area contributed by atoms with Crippen LogP contribution >= 0.6 is 39.1 Å². The molecule has 0 saturated carbocycles. The predicted molar refractivity (Wildman–Crippen MR) is 102 cm³/mol. The van der Waals surface area contributed by atoms with Crippen molar-refractivity contribution >= 4 is 44.8 Å². The van der Waals surface area contributed by atoms with Gasteiger partial charge in [0.15, 0.2) is 0 Å². The monoisotopic (exact) mass is 464 g/mol. The van der Waals surface area contributed by atoms with Crippen LogP contribution in [0.2, 0.25) is 10.0 Å². The zero-order valence-corrected chi connectivity index (χ0v) is 16.5. The Morgan fingerprint density at radius 2 is 1.77 bits per heavy atom. The van der Waals surface area contributed by atoms with Crippen molar-refractivity contribution in [3.63, 3.8) is 0 Å². The van der Waals surface area contributed by atoms with Crippen molar-refractivity contribution in [2.75, 3.05) is 6.54 Å². The topological polar surface area (TPSA) is 38.4 Å². The molecule has 26 heavy (non-hydrogen) atoms. The van der Waals surface area contributed by atoms with Crippen molar-refractivity contribution in [1.82, 2.24) is 0 Å². The molecule has 0 bridgehead atoms. The van der Waals surface area contributed by atoms with Gasteiger partial charge in [-0.15, -0.1) is 0 Å². The third kappa shape index (κ3) is 3.52. The standard InChI is InChI=1S/C18H14BrCl2F3N2/c19-15-3-10(1-2-11(15)8-25)16-7-17(9-26-16,18(22,23)24)12-4-13(20)6-14(21)5-12/h1-6H,7-9,25H2. The molecule has 0 aromatic heterocycles. The summed E-state index contributed by atoms with van der Waals surface area (Å²) < 4.78 is 42.9. The van der Waals surface area contributed by atoms with E-state index in [0.29, 0.717) is 17.8 Å². The molecule has 0 spiro atoms. The maximum absolute atomic E-state index is 14.1. The summed E-state index contributed by atoms with van der Waals surface area (Å²) in [6.45, 7) is -0.0698. The second-order valence-corrected chi connectivity index (χ2v) is 7.92. The van der Waals surface area contributed by atoms with Crippen LogP contribution in [0.25, 0.3) is 0 Å². The van der Waals surface area contributed by atoms with E-state index in [4.69, 9.17) is 28.9 Å². The number of hydrogen-bond donors (Lipinski definition) is 1. The van der Waals surface area contributed by atoms with E-state index in [0.717, 1.165) is 10.0 Å². The van der Waals surface area contributed by atoms with Gasteiger partial charge in [0.25, 0.3) is 0 Å². The van der Waals surface area contributed by atoms with Crippen molar-refractivity contribution < 1.29 is 13.2 Å². The fourth-order valence-corrected chi connectivity index (χ4v) is 4.16. The molecule has 0 fully saturated rings. The zero-order chi connectivity index (χ0) is 19.1. The summed E-state index contributed by atoms with van der Waals surface area (Å²) in [5, 5.41) is 0.333. The van der Waals surface area contributed by atoms with Gasteiger partial charge in [0.05, 0.1) is 6.54 Å². The van der Waals surface area contributed by atoms with Gasteiger partial charge in [0.1, 0.15) is 5.41 Å². The molecule has 3 rings (SSSR count). The van der Waals surface area contributed by atoms with Crippen molar-refractivity contribution in [2.45, 2.75) is 24.6 Å². The normalized spacial score (nSPS) is 20.3. The van der Waals surface area contributed by atoms with E-state index in [1.165, 1.54) is 18.2 Å². The number of alkyl halides is 3. The summed E-state index contributed by atoms with van der Waals surface area (Å²) in [6, 6.07) is 9.31. The highest BCUT2D eigenvalue weighted by Crippen LogP contribution is 2.48. The summed E-state index contributed by atoms with van der Waals surface area (Å²) in [6.07, 6.45) is -4.78. The van der Waals surface area contributed by atoms with Crippen molar-refractivity contribution in [1.29, 1.82) is 0 Å². The summed E-state index contributed by atoms with van der Waals surface area (Å²) in [7, 11) is 0. The van der Waals surface area contributed by atoms with Crippen LogP contribution in [0.3, 0.4) is 0 Å². The Balaban J connectivity index is 2.02. The highest BCUT2D eigenvalue weighted by Gasteiger charge is 2.58. The second-order valence-electron chi connectivity index (χ2n) is 6.19. The first-order valence-electron chi connectivity index (χ1n) is 7.72. The number of rotatable bonds is 3. The third-order valence-corrected chi connectivity index (χ3v) is 5.75. The minimum Gasteiger partial charge on any atom is -0.326 e. The molecule has 0 amide bonds. The lowest BCUT2D eigenvalue weighted by Gasteiger charge is -2.31. The SMILES string of the molecule is NCc1ccc(C2=NCC(c3cc(Cl)cc(Cl)c3)(C(F)(F)F)C2)cc1Br. The minimum absolute atomic E-state index is 0.0268. The van der Waals surface area contributed by atoms with Crippen LogP contribution < -0.4 is 5.73 Å². The lowest BCUT2D eigenvalue weighted by molar-refractivity contribution is -0.183. The summed E-state index contributed by atoms with van der Waals surface area (Å²) >= 11 is 15.3. The van der Waals surface area contributed by atoms with E-state index in [1.54, 1.807) is 18.2 Å². The van der Waals surface area contributed by atoms with E-state index in [9.17, 15) is 13.2 Å². The molecule has 0 saturated heterocycles. The maximum Gasteiger partial charge on any atom is 0.400 e. The van der Waals surface area contributed by atoms with Crippen LogP contribution in [-0.4, -0.2) is 18.4 Å². The highest BCUT2D eigenvalue weighted by atomic mass is 79.9. The molecule has 1 aliphatic rings. The summed E-state index contributed by atoms with van der Waals surface area (Å²) in [4.78, 5) is 4.22. The smallest absolute Gasteiger partial charge is 0.326 e. The number of nitrogens with two attached hydrogens (primary N) is 1. The van der Waals surface area contributed by atoms with Gasteiger partial charge in [-0.2, -0.15) is 13.2 Å². The van der Waals surface area contributed by atoms with Crippen LogP contribution in [0.4, 0.5) is 13.2 Å². The Kier molecular flexibility index (Phi) is 5.41. The second kappa shape index (κ2) is 7.15. The molecular weight excluding hydrogens is 452 g/mol. The van der Waals surface area contributed by atoms with Gasteiger partial charge in [0, 0.05) is 33.2 Å². The van der Waals surface area contributed by atoms with Gasteiger partial charge in [0.2, 0.25) is 0 Å². The quantitative estimate of drug-likeness (QED) is 0.601. The highest BCUT2D eigenvalue weighted by molar-refractivity contribution is 9.10. The van der Waals surface area contributed by atoms with E-state index in [2.05, 4.69) is 20.9 Å². The van der Waals surface area contributed by atoms with Gasteiger partial charge >= 0.3 is 6.18 Å². The molecule has 138 valence electrons. The fraction of sp³-hybridized carbons (Fsp3) is 0.278. The number of benzene rings is 2. The minimum atomic E-state index is -4.50. The third-order valence-electron chi connectivity index (χ3n) is 4.57. The predicted octanol–water partition coefficient (Wildman–Crippen LogP) is 5.91. The Morgan fingerprint density at radius 1 is 1.12 bits per heavy atom. The lowest BCUT2D eigenvalue weighted by atomic mass is 9.76. The lowest BCUT2D eigenvalue weighted by Crippen LogP contribution is -2.43. The molecule has 1 unspecified atom stereocenters. The van der Waals surface area contributed by atoms with E-state index < -0.39 is 18.1 Å². The fourth-order valence-electron chi connectivity index (χ4n) is 3.09. The van der Waals surface area contributed by atoms with Crippen LogP contribution in [-0.2, 0) is 12.0 Å². The Labute approximate surface area is 167 Å². The van der Waals surface area contributed by atoms with Crippen molar-refractivity contribution in [2.24, 2.45) is 10.7 Å². The number of aliphatic imine (C=N–C) groups is 1. The zero-order valence-electron chi connectivity index (χ0n) is 13.4.